The number of amides is 1. The lowest BCUT2D eigenvalue weighted by atomic mass is 9.97. The van der Waals surface area contributed by atoms with Gasteiger partial charge in [0.1, 0.15) is 17.6 Å². The molecule has 2 aromatic carbocycles. The number of carbonyl (C=O) groups is 2. The largest absolute Gasteiger partial charge is 0.507 e. The predicted molar refractivity (Wildman–Crippen MR) is 123 cm³/mol. The average molecular weight is 469 g/mol. The third-order valence-electron chi connectivity index (χ3n) is 5.26. The highest BCUT2D eigenvalue weighted by atomic mass is 35.5. The van der Waals surface area contributed by atoms with Gasteiger partial charge in [0.25, 0.3) is 11.7 Å². The van der Waals surface area contributed by atoms with Gasteiger partial charge in [0.2, 0.25) is 0 Å². The van der Waals surface area contributed by atoms with Gasteiger partial charge in [-0.15, -0.1) is 0 Å². The fourth-order valence-corrected chi connectivity index (χ4v) is 4.09. The van der Waals surface area contributed by atoms with Crippen molar-refractivity contribution in [3.05, 3.63) is 93.2 Å². The Hall–Kier alpha value is -3.35. The standard InChI is InChI=1S/C24H18Cl2N2O4/c1-13-6-7-15(26)12-18(13)28-21(17-5-3-4-10-27-17)20(23(30)24(28)31)22(29)16-11-14(25)8-9-19(16)32-2/h3-12,21,29H,1-2H3/b22-20+. The van der Waals surface area contributed by atoms with Crippen LogP contribution in [0.2, 0.25) is 10.0 Å². The molecule has 1 aliphatic heterocycles. The molecule has 1 fully saturated rings. The van der Waals surface area contributed by atoms with Crippen molar-refractivity contribution < 1.29 is 19.4 Å². The number of pyridine rings is 1. The summed E-state index contributed by atoms with van der Waals surface area (Å²) in [5.74, 6) is -1.74. The number of aromatic nitrogens is 1. The molecule has 8 heteroatoms. The average Bonchev–Trinajstić information content (AvgIpc) is 3.06. The molecule has 0 aliphatic carbocycles. The molecule has 32 heavy (non-hydrogen) atoms. The number of nitrogens with zero attached hydrogens (tertiary/aromatic N) is 2. The molecule has 1 unspecified atom stereocenters. The number of methoxy groups -OCH3 is 1. The minimum atomic E-state index is -0.975. The SMILES string of the molecule is COc1ccc(Cl)cc1/C(O)=C1\C(=O)C(=O)N(c2cc(Cl)ccc2C)C1c1ccccn1. The van der Waals surface area contributed by atoms with Gasteiger partial charge in [-0.3, -0.25) is 19.5 Å². The molecule has 4 rings (SSSR count). The molecule has 0 bridgehead atoms. The van der Waals surface area contributed by atoms with E-state index >= 15 is 0 Å². The third kappa shape index (κ3) is 3.72. The van der Waals surface area contributed by atoms with E-state index in [1.165, 1.54) is 18.1 Å². The second-order valence-electron chi connectivity index (χ2n) is 7.20. The van der Waals surface area contributed by atoms with Crippen LogP contribution in [0.15, 0.2) is 66.4 Å². The summed E-state index contributed by atoms with van der Waals surface area (Å²) in [4.78, 5) is 32.1. The topological polar surface area (TPSA) is 79.7 Å². The Morgan fingerprint density at radius 1 is 1.06 bits per heavy atom. The second-order valence-corrected chi connectivity index (χ2v) is 8.07. The Morgan fingerprint density at radius 2 is 1.78 bits per heavy atom. The highest BCUT2D eigenvalue weighted by molar-refractivity contribution is 6.52. The first kappa shape index (κ1) is 21.9. The molecule has 0 spiro atoms. The van der Waals surface area contributed by atoms with E-state index in [9.17, 15) is 14.7 Å². The van der Waals surface area contributed by atoms with Crippen molar-refractivity contribution in [3.8, 4) is 5.75 Å². The molecular formula is C24H18Cl2N2O4. The number of ketones is 1. The van der Waals surface area contributed by atoms with Crippen LogP contribution in [0, 0.1) is 6.92 Å². The van der Waals surface area contributed by atoms with Gasteiger partial charge in [-0.1, -0.05) is 35.3 Å². The van der Waals surface area contributed by atoms with E-state index in [4.69, 9.17) is 27.9 Å². The molecule has 6 nitrogen and oxygen atoms in total. The van der Waals surface area contributed by atoms with E-state index in [0.29, 0.717) is 27.2 Å². The van der Waals surface area contributed by atoms with Crippen molar-refractivity contribution in [2.24, 2.45) is 0 Å². The van der Waals surface area contributed by atoms with Crippen LogP contribution in [0.4, 0.5) is 5.69 Å². The van der Waals surface area contributed by atoms with Gasteiger partial charge in [-0.25, -0.2) is 0 Å². The number of carbonyl (C=O) groups excluding carboxylic acids is 2. The molecule has 1 aliphatic rings. The summed E-state index contributed by atoms with van der Waals surface area (Å²) in [6.07, 6.45) is 1.56. The van der Waals surface area contributed by atoms with E-state index in [0.717, 1.165) is 5.56 Å². The molecule has 0 radical (unpaired) electrons. The van der Waals surface area contributed by atoms with Gasteiger partial charge >= 0.3 is 0 Å². The number of aliphatic hydroxyl groups excluding tert-OH is 1. The summed E-state index contributed by atoms with van der Waals surface area (Å²) < 4.78 is 5.33. The van der Waals surface area contributed by atoms with Crippen LogP contribution in [-0.4, -0.2) is 28.9 Å². The first-order valence-corrected chi connectivity index (χ1v) is 10.4. The van der Waals surface area contributed by atoms with Crippen molar-refractivity contribution in [1.82, 2.24) is 4.98 Å². The normalized spacial score (nSPS) is 17.6. The lowest BCUT2D eigenvalue weighted by Gasteiger charge is -2.26. The molecule has 1 amide bonds. The Bertz CT molecular complexity index is 1260. The molecule has 1 saturated heterocycles. The Balaban J connectivity index is 2.01. The molecule has 0 saturated carbocycles. The lowest BCUT2D eigenvalue weighted by molar-refractivity contribution is -0.132. The number of rotatable bonds is 4. The monoisotopic (exact) mass is 468 g/mol. The van der Waals surface area contributed by atoms with E-state index in [-0.39, 0.29) is 11.1 Å². The van der Waals surface area contributed by atoms with Crippen LogP contribution < -0.4 is 9.64 Å². The number of Topliss-reactive ketones (excluding diaryl/α,β-unsaturated/α-hetero) is 1. The van der Waals surface area contributed by atoms with E-state index in [1.54, 1.807) is 61.7 Å². The summed E-state index contributed by atoms with van der Waals surface area (Å²) >= 11 is 12.3. The van der Waals surface area contributed by atoms with E-state index in [1.807, 2.05) is 0 Å². The first-order valence-electron chi connectivity index (χ1n) is 9.65. The number of benzene rings is 2. The highest BCUT2D eigenvalue weighted by Crippen LogP contribution is 2.44. The quantitative estimate of drug-likeness (QED) is 0.317. The summed E-state index contributed by atoms with van der Waals surface area (Å²) in [7, 11) is 1.43. The molecule has 1 atom stereocenters. The van der Waals surface area contributed by atoms with Crippen LogP contribution in [0.25, 0.3) is 5.76 Å². The van der Waals surface area contributed by atoms with Crippen LogP contribution in [0.3, 0.4) is 0 Å². The number of halogens is 2. The molecule has 162 valence electrons. The van der Waals surface area contributed by atoms with Crippen molar-refractivity contribution in [1.29, 1.82) is 0 Å². The number of ether oxygens (including phenoxy) is 1. The van der Waals surface area contributed by atoms with Crippen molar-refractivity contribution in [3.63, 3.8) is 0 Å². The smallest absolute Gasteiger partial charge is 0.300 e. The molecule has 1 aromatic heterocycles. The maximum Gasteiger partial charge on any atom is 0.300 e. The Labute approximate surface area is 194 Å². The van der Waals surface area contributed by atoms with E-state index < -0.39 is 23.5 Å². The molecular weight excluding hydrogens is 451 g/mol. The van der Waals surface area contributed by atoms with E-state index in [2.05, 4.69) is 4.98 Å². The zero-order chi connectivity index (χ0) is 23.0. The van der Waals surface area contributed by atoms with Crippen molar-refractivity contribution >= 4 is 46.3 Å². The number of hydrogen-bond acceptors (Lipinski definition) is 5. The number of anilines is 1. The van der Waals surface area contributed by atoms with Crippen LogP contribution >= 0.6 is 23.2 Å². The van der Waals surface area contributed by atoms with Crippen LogP contribution in [-0.2, 0) is 9.59 Å². The number of aliphatic hydroxyl groups is 1. The molecule has 1 N–H and O–H groups in total. The molecule has 2 heterocycles. The van der Waals surface area contributed by atoms with Crippen molar-refractivity contribution in [2.75, 3.05) is 12.0 Å². The van der Waals surface area contributed by atoms with Crippen LogP contribution in [0.5, 0.6) is 5.75 Å². The minimum absolute atomic E-state index is 0.117. The van der Waals surface area contributed by atoms with Gasteiger partial charge in [-0.2, -0.15) is 0 Å². The van der Waals surface area contributed by atoms with Gasteiger partial charge in [-0.05, 0) is 55.0 Å². The first-order chi connectivity index (χ1) is 15.3. The summed E-state index contributed by atoms with van der Waals surface area (Å²) in [5.41, 5.74) is 1.67. The third-order valence-corrected chi connectivity index (χ3v) is 5.73. The van der Waals surface area contributed by atoms with Gasteiger partial charge in [0.05, 0.1) is 23.9 Å². The Kier molecular flexibility index (Phi) is 5.91. The highest BCUT2D eigenvalue weighted by Gasteiger charge is 2.48. The van der Waals surface area contributed by atoms with Gasteiger partial charge in [0.15, 0.2) is 0 Å². The summed E-state index contributed by atoms with van der Waals surface area (Å²) in [6, 6.07) is 13.9. The van der Waals surface area contributed by atoms with Crippen molar-refractivity contribution in [2.45, 2.75) is 13.0 Å². The summed E-state index contributed by atoms with van der Waals surface area (Å²) in [6.45, 7) is 1.81. The molecule has 3 aromatic rings. The summed E-state index contributed by atoms with van der Waals surface area (Å²) in [5, 5.41) is 12.0. The van der Waals surface area contributed by atoms with Gasteiger partial charge < -0.3 is 9.84 Å². The lowest BCUT2D eigenvalue weighted by Crippen LogP contribution is -2.30. The predicted octanol–water partition coefficient (Wildman–Crippen LogP) is 5.33. The fourth-order valence-electron chi connectivity index (χ4n) is 3.75. The van der Waals surface area contributed by atoms with Crippen LogP contribution in [0.1, 0.15) is 22.9 Å². The maximum atomic E-state index is 13.2. The number of hydrogen-bond donors (Lipinski definition) is 1. The van der Waals surface area contributed by atoms with Gasteiger partial charge in [0, 0.05) is 21.9 Å². The second kappa shape index (κ2) is 8.65. The minimum Gasteiger partial charge on any atom is -0.507 e. The maximum absolute atomic E-state index is 13.2. The Morgan fingerprint density at radius 3 is 2.47 bits per heavy atom. The zero-order valence-corrected chi connectivity index (χ0v) is 18.7. The zero-order valence-electron chi connectivity index (χ0n) is 17.2. The fraction of sp³-hybridized carbons (Fsp3) is 0.125. The number of aryl methyl sites for hydroxylation is 1.